The predicted molar refractivity (Wildman–Crippen MR) is 73.8 cm³/mol. The number of aromatic nitrogens is 1. The van der Waals surface area contributed by atoms with Crippen LogP contribution in [0.3, 0.4) is 0 Å². The van der Waals surface area contributed by atoms with Gasteiger partial charge in [-0.25, -0.2) is 0 Å². The summed E-state index contributed by atoms with van der Waals surface area (Å²) in [4.78, 5) is 4.35. The molecule has 3 nitrogen and oxygen atoms in total. The lowest BCUT2D eigenvalue weighted by atomic mass is 10.2. The summed E-state index contributed by atoms with van der Waals surface area (Å²) < 4.78 is 5.92. The Morgan fingerprint density at radius 3 is 2.89 bits per heavy atom. The van der Waals surface area contributed by atoms with Gasteiger partial charge in [-0.05, 0) is 19.3 Å². The summed E-state index contributed by atoms with van der Waals surface area (Å²) in [6.07, 6.45) is 5.90. The number of nitrogens with zero attached hydrogens (tertiary/aromatic N) is 1. The van der Waals surface area contributed by atoms with Gasteiger partial charge in [0.1, 0.15) is 5.75 Å². The van der Waals surface area contributed by atoms with Crippen LogP contribution < -0.4 is 10.1 Å². The molecule has 0 bridgehead atoms. The van der Waals surface area contributed by atoms with Gasteiger partial charge in [0, 0.05) is 36.1 Å². The molecule has 0 saturated heterocycles. The summed E-state index contributed by atoms with van der Waals surface area (Å²) in [6.45, 7) is 7.96. The maximum absolute atomic E-state index is 5.92. The third-order valence-corrected chi connectivity index (χ3v) is 3.26. The quantitative estimate of drug-likeness (QED) is 0.805. The van der Waals surface area contributed by atoms with Gasteiger partial charge >= 0.3 is 0 Å². The fraction of sp³-hybridized carbons (Fsp3) is 0.667. The van der Waals surface area contributed by atoms with E-state index >= 15 is 0 Å². The van der Waals surface area contributed by atoms with E-state index in [2.05, 4.69) is 24.1 Å². The number of rotatable bonds is 7. The molecule has 0 radical (unpaired) electrons. The number of hydrogen-bond acceptors (Lipinski definition) is 3. The number of aryl methyl sites for hydroxylation is 1. The molecule has 0 atom stereocenters. The minimum absolute atomic E-state index is 0.477. The first-order chi connectivity index (χ1) is 8.65. The van der Waals surface area contributed by atoms with Crippen molar-refractivity contribution in [2.45, 2.75) is 52.6 Å². The molecule has 3 heteroatoms. The van der Waals surface area contributed by atoms with Gasteiger partial charge < -0.3 is 10.1 Å². The second-order valence-corrected chi connectivity index (χ2v) is 5.55. The van der Waals surface area contributed by atoms with Crippen molar-refractivity contribution >= 4 is 0 Å². The van der Waals surface area contributed by atoms with Crippen LogP contribution in [-0.4, -0.2) is 17.6 Å². The summed E-state index contributed by atoms with van der Waals surface area (Å²) in [5.41, 5.74) is 2.18. The second-order valence-electron chi connectivity index (χ2n) is 5.55. The highest BCUT2D eigenvalue weighted by molar-refractivity contribution is 5.32. The van der Waals surface area contributed by atoms with Crippen LogP contribution in [0.2, 0.25) is 0 Å². The molecular formula is C15H24N2O. The lowest BCUT2D eigenvalue weighted by Crippen LogP contribution is -2.22. The molecule has 0 amide bonds. The average Bonchev–Trinajstić information content (AvgIpc) is 3.12. The van der Waals surface area contributed by atoms with Gasteiger partial charge in [0.25, 0.3) is 0 Å². The first-order valence-electron chi connectivity index (χ1n) is 6.97. The van der Waals surface area contributed by atoms with Gasteiger partial charge in [-0.2, -0.15) is 0 Å². The molecule has 1 aliphatic carbocycles. The van der Waals surface area contributed by atoms with Crippen molar-refractivity contribution in [2.75, 3.05) is 6.61 Å². The van der Waals surface area contributed by atoms with Gasteiger partial charge in [0.2, 0.25) is 0 Å². The third-order valence-electron chi connectivity index (χ3n) is 3.26. The molecule has 0 aromatic carbocycles. The average molecular weight is 248 g/mol. The monoisotopic (exact) mass is 248 g/mol. The van der Waals surface area contributed by atoms with Crippen molar-refractivity contribution in [1.29, 1.82) is 0 Å². The lowest BCUT2D eigenvalue weighted by molar-refractivity contribution is 0.298. The summed E-state index contributed by atoms with van der Waals surface area (Å²) in [5, 5.41) is 3.41. The van der Waals surface area contributed by atoms with Crippen molar-refractivity contribution < 1.29 is 4.74 Å². The zero-order valence-corrected chi connectivity index (χ0v) is 11.7. The molecule has 1 aromatic heterocycles. The lowest BCUT2D eigenvalue weighted by Gasteiger charge is -2.14. The number of ether oxygens (including phenoxy) is 1. The van der Waals surface area contributed by atoms with Gasteiger partial charge in [0.15, 0.2) is 0 Å². The fourth-order valence-electron chi connectivity index (χ4n) is 1.89. The Balaban J connectivity index is 1.92. The van der Waals surface area contributed by atoms with E-state index < -0.39 is 0 Å². The van der Waals surface area contributed by atoms with Crippen LogP contribution in [0.25, 0.3) is 0 Å². The minimum Gasteiger partial charge on any atom is -0.493 e. The van der Waals surface area contributed by atoms with E-state index in [0.29, 0.717) is 6.04 Å². The Bertz CT molecular complexity index is 386. The molecule has 0 unspecified atom stereocenters. The van der Waals surface area contributed by atoms with E-state index in [4.69, 9.17) is 4.74 Å². The van der Waals surface area contributed by atoms with Crippen LogP contribution >= 0.6 is 0 Å². The molecule has 18 heavy (non-hydrogen) atoms. The van der Waals surface area contributed by atoms with E-state index in [0.717, 1.165) is 36.1 Å². The molecule has 1 aliphatic rings. The Labute approximate surface area is 110 Å². The zero-order chi connectivity index (χ0) is 13.0. The Morgan fingerprint density at radius 1 is 1.44 bits per heavy atom. The molecule has 1 fully saturated rings. The molecule has 1 aromatic rings. The number of hydrogen-bond donors (Lipinski definition) is 1. The number of pyridine rings is 1. The molecule has 0 spiro atoms. The summed E-state index contributed by atoms with van der Waals surface area (Å²) >= 11 is 0. The Hall–Kier alpha value is -1.09. The normalized spacial score (nSPS) is 15.1. The fourth-order valence-corrected chi connectivity index (χ4v) is 1.89. The summed E-state index contributed by atoms with van der Waals surface area (Å²) in [6, 6.07) is 2.52. The summed E-state index contributed by atoms with van der Waals surface area (Å²) in [7, 11) is 0. The molecule has 0 aliphatic heterocycles. The van der Waals surface area contributed by atoms with E-state index in [1.54, 1.807) is 0 Å². The van der Waals surface area contributed by atoms with Crippen LogP contribution in [0.4, 0.5) is 0 Å². The van der Waals surface area contributed by atoms with Crippen LogP contribution in [0.5, 0.6) is 5.75 Å². The molecule has 100 valence electrons. The van der Waals surface area contributed by atoms with Crippen molar-refractivity contribution in [1.82, 2.24) is 10.3 Å². The maximum atomic E-state index is 5.92. The standard InChI is InChI=1S/C15H24N2O/c1-11(2)16-9-14-10-17-12(3)8-15(14)18-7-6-13-4-5-13/h8,10-11,13,16H,4-7,9H2,1-3H3. The van der Waals surface area contributed by atoms with Crippen LogP contribution in [-0.2, 0) is 6.54 Å². The molecular weight excluding hydrogens is 224 g/mol. The molecule has 1 N–H and O–H groups in total. The first kappa shape index (κ1) is 13.3. The predicted octanol–water partition coefficient (Wildman–Crippen LogP) is 3.07. The van der Waals surface area contributed by atoms with E-state index in [1.807, 2.05) is 19.2 Å². The SMILES string of the molecule is Cc1cc(OCCC2CC2)c(CNC(C)C)cn1. The van der Waals surface area contributed by atoms with Gasteiger partial charge in [-0.1, -0.05) is 26.7 Å². The van der Waals surface area contributed by atoms with Crippen LogP contribution in [0.15, 0.2) is 12.3 Å². The molecule has 1 heterocycles. The Kier molecular flexibility index (Phi) is 4.59. The summed E-state index contributed by atoms with van der Waals surface area (Å²) in [5.74, 6) is 1.92. The van der Waals surface area contributed by atoms with Crippen molar-refractivity contribution in [3.05, 3.63) is 23.5 Å². The van der Waals surface area contributed by atoms with E-state index in [1.165, 1.54) is 19.3 Å². The van der Waals surface area contributed by atoms with Crippen molar-refractivity contribution in [3.63, 3.8) is 0 Å². The molecule has 1 saturated carbocycles. The zero-order valence-electron chi connectivity index (χ0n) is 11.7. The van der Waals surface area contributed by atoms with Crippen molar-refractivity contribution in [2.24, 2.45) is 5.92 Å². The highest BCUT2D eigenvalue weighted by atomic mass is 16.5. The number of nitrogens with one attached hydrogen (secondary N) is 1. The van der Waals surface area contributed by atoms with Gasteiger partial charge in [0.05, 0.1) is 6.61 Å². The van der Waals surface area contributed by atoms with Gasteiger partial charge in [-0.15, -0.1) is 0 Å². The Morgan fingerprint density at radius 2 is 2.22 bits per heavy atom. The van der Waals surface area contributed by atoms with Gasteiger partial charge in [-0.3, -0.25) is 4.98 Å². The minimum atomic E-state index is 0.477. The van der Waals surface area contributed by atoms with Crippen molar-refractivity contribution in [3.8, 4) is 5.75 Å². The second kappa shape index (κ2) is 6.19. The smallest absolute Gasteiger partial charge is 0.127 e. The maximum Gasteiger partial charge on any atom is 0.127 e. The topological polar surface area (TPSA) is 34.1 Å². The highest BCUT2D eigenvalue weighted by Crippen LogP contribution is 2.32. The van der Waals surface area contributed by atoms with Crippen LogP contribution in [0, 0.1) is 12.8 Å². The largest absolute Gasteiger partial charge is 0.493 e. The van der Waals surface area contributed by atoms with Crippen LogP contribution in [0.1, 0.15) is 44.4 Å². The first-order valence-corrected chi connectivity index (χ1v) is 6.97. The highest BCUT2D eigenvalue weighted by Gasteiger charge is 2.20. The molecule has 2 rings (SSSR count). The van der Waals surface area contributed by atoms with E-state index in [9.17, 15) is 0 Å². The van der Waals surface area contributed by atoms with E-state index in [-0.39, 0.29) is 0 Å². The third kappa shape index (κ3) is 4.30.